The van der Waals surface area contributed by atoms with Crippen LogP contribution in [0.2, 0.25) is 0 Å². The van der Waals surface area contributed by atoms with Gasteiger partial charge in [0.25, 0.3) is 5.92 Å². The van der Waals surface area contributed by atoms with Crippen molar-refractivity contribution in [1.29, 1.82) is 0 Å². The summed E-state index contributed by atoms with van der Waals surface area (Å²) < 4.78 is 47.9. The Morgan fingerprint density at radius 2 is 1.79 bits per heavy atom. The van der Waals surface area contributed by atoms with Gasteiger partial charge in [-0.3, -0.25) is 19.9 Å². The van der Waals surface area contributed by atoms with Crippen LogP contribution in [0.15, 0.2) is 67.0 Å². The molecule has 0 atom stereocenters. The average Bonchev–Trinajstić information content (AvgIpc) is 3.79. The molecule has 2 aliphatic rings. The van der Waals surface area contributed by atoms with Gasteiger partial charge in [-0.25, -0.2) is 13.2 Å². The summed E-state index contributed by atoms with van der Waals surface area (Å²) in [6.45, 7) is 4.12. The van der Waals surface area contributed by atoms with Gasteiger partial charge in [0.2, 0.25) is 0 Å². The number of nitrogens with one attached hydrogen (secondary N) is 2. The lowest BCUT2D eigenvalue weighted by Gasteiger charge is -2.15. The Morgan fingerprint density at radius 1 is 0.907 bits per heavy atom. The van der Waals surface area contributed by atoms with Crippen molar-refractivity contribution < 1.29 is 17.9 Å². The highest BCUT2D eigenvalue weighted by Gasteiger charge is 2.37. The first-order valence-electron chi connectivity index (χ1n) is 14.8. The highest BCUT2D eigenvalue weighted by molar-refractivity contribution is 5.98. The van der Waals surface area contributed by atoms with Crippen LogP contribution in [0, 0.1) is 5.82 Å². The quantitative estimate of drug-likeness (QED) is 0.200. The first-order chi connectivity index (χ1) is 20.9. The second-order valence-corrected chi connectivity index (χ2v) is 11.6. The third-order valence-electron chi connectivity index (χ3n) is 8.34. The number of likely N-dealkylation sites (tertiary alicyclic amines) is 2. The number of aromatic amines is 2. The summed E-state index contributed by atoms with van der Waals surface area (Å²) in [6, 6.07) is 16.7. The first kappa shape index (κ1) is 27.7. The van der Waals surface area contributed by atoms with Gasteiger partial charge >= 0.3 is 0 Å². The maximum atomic E-state index is 14.7. The van der Waals surface area contributed by atoms with E-state index in [2.05, 4.69) is 25.1 Å². The van der Waals surface area contributed by atoms with E-state index in [0.29, 0.717) is 31.1 Å². The van der Waals surface area contributed by atoms with Crippen LogP contribution in [0.5, 0.6) is 5.75 Å². The Balaban J connectivity index is 1.11. The number of fused-ring (bicyclic) bond motifs is 1. The summed E-state index contributed by atoms with van der Waals surface area (Å²) in [6.07, 6.45) is 5.79. The molecule has 0 radical (unpaired) electrons. The molecule has 2 saturated heterocycles. The van der Waals surface area contributed by atoms with Crippen molar-refractivity contribution in [3.63, 3.8) is 0 Å². The van der Waals surface area contributed by atoms with E-state index in [-0.39, 0.29) is 18.8 Å². The summed E-state index contributed by atoms with van der Waals surface area (Å²) in [7, 11) is 0. The molecule has 3 aromatic heterocycles. The van der Waals surface area contributed by atoms with E-state index in [1.165, 1.54) is 25.0 Å². The number of ether oxygens (including phenoxy) is 1. The molecule has 222 valence electrons. The Hall–Kier alpha value is -4.15. The molecule has 5 aromatic rings. The number of alkyl halides is 2. The van der Waals surface area contributed by atoms with E-state index < -0.39 is 5.92 Å². The van der Waals surface area contributed by atoms with Gasteiger partial charge < -0.3 is 9.72 Å². The highest BCUT2D eigenvalue weighted by Crippen LogP contribution is 2.35. The third-order valence-corrected chi connectivity index (χ3v) is 8.34. The first-order valence-corrected chi connectivity index (χ1v) is 14.8. The molecule has 43 heavy (non-hydrogen) atoms. The normalized spacial score (nSPS) is 17.3. The maximum Gasteiger partial charge on any atom is 0.261 e. The monoisotopic (exact) mass is 586 g/mol. The lowest BCUT2D eigenvalue weighted by molar-refractivity contribution is 0.0115. The number of nitrogens with zero attached hydrogens (tertiary/aromatic N) is 4. The van der Waals surface area contributed by atoms with Crippen molar-refractivity contribution in [2.75, 3.05) is 39.3 Å². The topological polar surface area (TPSA) is 73.1 Å². The summed E-state index contributed by atoms with van der Waals surface area (Å²) in [4.78, 5) is 11.9. The van der Waals surface area contributed by atoms with Crippen molar-refractivity contribution in [2.24, 2.45) is 0 Å². The van der Waals surface area contributed by atoms with Gasteiger partial charge in [-0.1, -0.05) is 12.1 Å². The summed E-state index contributed by atoms with van der Waals surface area (Å²) >= 11 is 0. The number of benzene rings is 2. The van der Waals surface area contributed by atoms with Crippen LogP contribution in [0.25, 0.3) is 44.7 Å². The molecule has 2 aliphatic heterocycles. The molecule has 0 bridgehead atoms. The minimum Gasteiger partial charge on any atom is -0.492 e. The number of aromatic nitrogens is 4. The van der Waals surface area contributed by atoms with Crippen molar-refractivity contribution in [2.45, 2.75) is 31.7 Å². The fourth-order valence-electron chi connectivity index (χ4n) is 6.17. The van der Waals surface area contributed by atoms with E-state index in [4.69, 9.17) is 4.74 Å². The molecule has 2 fully saturated rings. The maximum absolute atomic E-state index is 14.7. The van der Waals surface area contributed by atoms with Crippen molar-refractivity contribution in [1.82, 2.24) is 30.0 Å². The van der Waals surface area contributed by atoms with Crippen molar-refractivity contribution in [3.8, 4) is 39.5 Å². The predicted molar refractivity (Wildman–Crippen MR) is 161 cm³/mol. The van der Waals surface area contributed by atoms with E-state index in [1.54, 1.807) is 17.3 Å². The molecule has 10 heteroatoms. The second-order valence-electron chi connectivity index (χ2n) is 11.6. The molecule has 0 spiro atoms. The molecule has 5 heterocycles. The van der Waals surface area contributed by atoms with Crippen LogP contribution in [0.4, 0.5) is 13.2 Å². The zero-order chi connectivity index (χ0) is 29.4. The number of H-pyrrole nitrogens is 2. The van der Waals surface area contributed by atoms with Crippen molar-refractivity contribution in [3.05, 3.63) is 78.4 Å². The number of hydrogen-bond donors (Lipinski definition) is 2. The summed E-state index contributed by atoms with van der Waals surface area (Å²) in [5.74, 6) is -2.44. The molecule has 0 saturated carbocycles. The molecule has 0 amide bonds. The van der Waals surface area contributed by atoms with Crippen LogP contribution in [0.1, 0.15) is 24.8 Å². The van der Waals surface area contributed by atoms with E-state index in [0.717, 1.165) is 64.2 Å². The summed E-state index contributed by atoms with van der Waals surface area (Å²) in [5.41, 5.74) is 6.54. The van der Waals surface area contributed by atoms with Crippen LogP contribution in [-0.4, -0.2) is 75.2 Å². The van der Waals surface area contributed by atoms with Gasteiger partial charge in [-0.05, 0) is 79.0 Å². The predicted octanol–water partition coefficient (Wildman–Crippen LogP) is 6.74. The minimum atomic E-state index is -2.62. The Morgan fingerprint density at radius 3 is 2.63 bits per heavy atom. The van der Waals surface area contributed by atoms with Crippen LogP contribution in [0.3, 0.4) is 0 Å². The second kappa shape index (κ2) is 11.5. The highest BCUT2D eigenvalue weighted by atomic mass is 19.3. The standard InChI is InChI=1S/C33H33F3N6O/c34-25-13-23(14-26(15-25)43-11-10-41-7-1-2-8-41)27-4-3-5-29-28(27)16-31(38-29)32-17-30(39-40-32)24-12-22(18-37-19-24)20-42-9-6-33(35,36)21-42/h3-5,12-19,38H,1-2,6-11,20-21H2,(H,39,40). The van der Waals surface area contributed by atoms with Gasteiger partial charge in [0, 0.05) is 61.0 Å². The molecule has 7 nitrogen and oxygen atoms in total. The van der Waals surface area contributed by atoms with Crippen molar-refractivity contribution >= 4 is 10.9 Å². The van der Waals surface area contributed by atoms with Gasteiger partial charge in [0.1, 0.15) is 23.9 Å². The molecular weight excluding hydrogens is 553 g/mol. The van der Waals surface area contributed by atoms with Gasteiger partial charge in [0.05, 0.1) is 17.9 Å². The molecule has 0 unspecified atom stereocenters. The Labute approximate surface area is 247 Å². The number of hydrogen-bond acceptors (Lipinski definition) is 5. The zero-order valence-corrected chi connectivity index (χ0v) is 23.8. The average molecular weight is 587 g/mol. The smallest absolute Gasteiger partial charge is 0.261 e. The van der Waals surface area contributed by atoms with E-state index in [1.807, 2.05) is 42.5 Å². The molecule has 0 aliphatic carbocycles. The fraction of sp³-hybridized carbons (Fsp3) is 0.333. The van der Waals surface area contributed by atoms with Crippen LogP contribution >= 0.6 is 0 Å². The van der Waals surface area contributed by atoms with Crippen LogP contribution in [-0.2, 0) is 6.54 Å². The minimum absolute atomic E-state index is 0.108. The van der Waals surface area contributed by atoms with E-state index in [9.17, 15) is 13.2 Å². The van der Waals surface area contributed by atoms with Gasteiger partial charge in [-0.15, -0.1) is 0 Å². The lowest BCUT2D eigenvalue weighted by Crippen LogP contribution is -2.25. The van der Waals surface area contributed by atoms with Gasteiger partial charge in [-0.2, -0.15) is 5.10 Å². The summed E-state index contributed by atoms with van der Waals surface area (Å²) in [5, 5.41) is 8.56. The Kier molecular flexibility index (Phi) is 7.40. The number of rotatable bonds is 9. The van der Waals surface area contributed by atoms with E-state index >= 15 is 0 Å². The van der Waals surface area contributed by atoms with Crippen LogP contribution < -0.4 is 4.74 Å². The Bertz CT molecular complexity index is 1740. The molecule has 2 N–H and O–H groups in total. The zero-order valence-electron chi connectivity index (χ0n) is 23.8. The molecule has 2 aromatic carbocycles. The fourth-order valence-corrected chi connectivity index (χ4v) is 6.17. The molecular formula is C33H33F3N6O. The largest absolute Gasteiger partial charge is 0.492 e. The van der Waals surface area contributed by atoms with Gasteiger partial charge in [0.15, 0.2) is 0 Å². The lowest BCUT2D eigenvalue weighted by atomic mass is 10.0. The molecule has 7 rings (SSSR count). The SMILES string of the molecule is Fc1cc(OCCN2CCCC2)cc(-c2cccc3[nH]c(-c4cc(-c5cncc(CN6CCC(F)(F)C6)c5)[nH]n4)cc23)c1. The number of pyridine rings is 1. The number of halogens is 3. The third kappa shape index (κ3) is 6.16.